The van der Waals surface area contributed by atoms with Gasteiger partial charge in [0.05, 0.1) is 6.61 Å². The number of benzene rings is 1. The van der Waals surface area contributed by atoms with Gasteiger partial charge in [0, 0.05) is 11.6 Å². The van der Waals surface area contributed by atoms with Crippen LogP contribution < -0.4 is 5.32 Å². The first kappa shape index (κ1) is 11.3. The van der Waals surface area contributed by atoms with E-state index in [4.69, 9.17) is 4.74 Å². The molecular formula is C14H15NO3. The third kappa shape index (κ3) is 1.38. The number of rotatable bonds is 2. The summed E-state index contributed by atoms with van der Waals surface area (Å²) in [6.45, 7) is 4.27. The predicted molar refractivity (Wildman–Crippen MR) is 66.0 cm³/mol. The molecule has 4 heteroatoms. The SMILES string of the molecule is Cc1cccc(C)c1NC(=O)C12CC1COC2=O. The summed E-state index contributed by atoms with van der Waals surface area (Å²) in [7, 11) is 0. The predicted octanol–water partition coefficient (Wildman–Crippen LogP) is 1.81. The fourth-order valence-electron chi connectivity index (χ4n) is 2.69. The molecule has 0 spiro atoms. The highest BCUT2D eigenvalue weighted by Gasteiger charge is 2.71. The van der Waals surface area contributed by atoms with Gasteiger partial charge >= 0.3 is 5.97 Å². The monoisotopic (exact) mass is 245 g/mol. The van der Waals surface area contributed by atoms with Gasteiger partial charge < -0.3 is 10.1 Å². The molecule has 1 saturated carbocycles. The van der Waals surface area contributed by atoms with Crippen LogP contribution in [0.2, 0.25) is 0 Å². The number of nitrogens with one attached hydrogen (secondary N) is 1. The third-order valence-corrected chi connectivity index (χ3v) is 4.01. The number of esters is 1. The molecule has 1 aliphatic carbocycles. The Balaban J connectivity index is 1.86. The van der Waals surface area contributed by atoms with Crippen LogP contribution in [0.3, 0.4) is 0 Å². The van der Waals surface area contributed by atoms with Gasteiger partial charge in [0.2, 0.25) is 5.91 Å². The Morgan fingerprint density at radius 3 is 2.56 bits per heavy atom. The molecule has 2 fully saturated rings. The summed E-state index contributed by atoms with van der Waals surface area (Å²) >= 11 is 0. The molecule has 1 aromatic carbocycles. The summed E-state index contributed by atoms with van der Waals surface area (Å²) in [6.07, 6.45) is 0.628. The van der Waals surface area contributed by atoms with Crippen LogP contribution in [-0.4, -0.2) is 18.5 Å². The Morgan fingerprint density at radius 2 is 2.06 bits per heavy atom. The van der Waals surface area contributed by atoms with Crippen molar-refractivity contribution in [1.82, 2.24) is 0 Å². The van der Waals surface area contributed by atoms with Crippen LogP contribution in [0.4, 0.5) is 5.69 Å². The van der Waals surface area contributed by atoms with Gasteiger partial charge in [0.15, 0.2) is 5.41 Å². The summed E-state index contributed by atoms with van der Waals surface area (Å²) in [5, 5.41) is 2.89. The first-order valence-electron chi connectivity index (χ1n) is 6.10. The number of carbonyl (C=O) groups is 2. The van der Waals surface area contributed by atoms with Gasteiger partial charge in [0.25, 0.3) is 0 Å². The number of aryl methyl sites for hydroxylation is 2. The minimum absolute atomic E-state index is 0.0781. The van der Waals surface area contributed by atoms with Gasteiger partial charge in [-0.1, -0.05) is 18.2 Å². The number of ether oxygens (including phenoxy) is 1. The van der Waals surface area contributed by atoms with E-state index in [0.717, 1.165) is 16.8 Å². The topological polar surface area (TPSA) is 55.4 Å². The fourth-order valence-corrected chi connectivity index (χ4v) is 2.69. The minimum atomic E-state index is -0.894. The van der Waals surface area contributed by atoms with Crippen LogP contribution in [0.15, 0.2) is 18.2 Å². The molecule has 1 heterocycles. The lowest BCUT2D eigenvalue weighted by Crippen LogP contribution is -2.31. The molecule has 0 bridgehead atoms. The highest BCUT2D eigenvalue weighted by atomic mass is 16.5. The van der Waals surface area contributed by atoms with Crippen molar-refractivity contribution in [2.24, 2.45) is 11.3 Å². The Morgan fingerprint density at radius 1 is 1.39 bits per heavy atom. The van der Waals surface area contributed by atoms with E-state index in [2.05, 4.69) is 5.32 Å². The number of para-hydroxylation sites is 1. The molecule has 1 amide bonds. The first-order valence-corrected chi connectivity index (χ1v) is 6.10. The molecule has 0 aromatic heterocycles. The van der Waals surface area contributed by atoms with Gasteiger partial charge in [-0.05, 0) is 31.4 Å². The van der Waals surface area contributed by atoms with E-state index in [0.29, 0.717) is 13.0 Å². The van der Waals surface area contributed by atoms with E-state index in [1.54, 1.807) is 0 Å². The quantitative estimate of drug-likeness (QED) is 0.638. The van der Waals surface area contributed by atoms with Crippen LogP contribution >= 0.6 is 0 Å². The molecule has 1 aliphatic heterocycles. The Kier molecular flexibility index (Phi) is 2.24. The van der Waals surface area contributed by atoms with Crippen LogP contribution in [0.25, 0.3) is 0 Å². The number of hydrogen-bond acceptors (Lipinski definition) is 3. The van der Waals surface area contributed by atoms with E-state index in [-0.39, 0.29) is 17.8 Å². The van der Waals surface area contributed by atoms with Crippen molar-refractivity contribution in [3.05, 3.63) is 29.3 Å². The van der Waals surface area contributed by atoms with Crippen molar-refractivity contribution >= 4 is 17.6 Å². The maximum Gasteiger partial charge on any atom is 0.322 e. The standard InChI is InChI=1S/C14H15NO3/c1-8-4-3-5-9(2)11(8)15-12(16)14-6-10(14)7-18-13(14)17/h3-5,10H,6-7H2,1-2H3,(H,15,16). The lowest BCUT2D eigenvalue weighted by molar-refractivity contribution is -0.147. The van der Waals surface area contributed by atoms with E-state index < -0.39 is 5.41 Å². The summed E-state index contributed by atoms with van der Waals surface area (Å²) in [4.78, 5) is 23.9. The number of cyclic esters (lactones) is 1. The second-order valence-corrected chi connectivity index (χ2v) is 5.19. The lowest BCUT2D eigenvalue weighted by atomic mass is 10.0. The Hall–Kier alpha value is -1.84. The summed E-state index contributed by atoms with van der Waals surface area (Å²) in [5.74, 6) is -0.502. The van der Waals surface area contributed by atoms with Crippen molar-refractivity contribution in [2.45, 2.75) is 20.3 Å². The molecule has 94 valence electrons. The van der Waals surface area contributed by atoms with Crippen molar-refractivity contribution in [3.8, 4) is 0 Å². The molecule has 2 unspecified atom stereocenters. The summed E-state index contributed by atoms with van der Waals surface area (Å²) in [5.41, 5.74) is 1.92. The number of hydrogen-bond donors (Lipinski definition) is 1. The van der Waals surface area contributed by atoms with Crippen LogP contribution in [0, 0.1) is 25.2 Å². The zero-order chi connectivity index (χ0) is 12.9. The van der Waals surface area contributed by atoms with Crippen molar-refractivity contribution in [3.63, 3.8) is 0 Å². The largest absolute Gasteiger partial charge is 0.465 e. The summed E-state index contributed by atoms with van der Waals surface area (Å²) in [6, 6.07) is 5.83. The van der Waals surface area contributed by atoms with E-state index in [1.165, 1.54) is 0 Å². The lowest BCUT2D eigenvalue weighted by Gasteiger charge is -2.14. The van der Waals surface area contributed by atoms with Gasteiger partial charge in [-0.15, -0.1) is 0 Å². The van der Waals surface area contributed by atoms with Crippen molar-refractivity contribution < 1.29 is 14.3 Å². The van der Waals surface area contributed by atoms with Crippen LogP contribution in [-0.2, 0) is 14.3 Å². The van der Waals surface area contributed by atoms with Gasteiger partial charge in [-0.3, -0.25) is 9.59 Å². The second-order valence-electron chi connectivity index (χ2n) is 5.19. The molecule has 1 aromatic rings. The maximum atomic E-state index is 12.3. The normalized spacial score (nSPS) is 28.6. The average molecular weight is 245 g/mol. The average Bonchev–Trinajstić information content (AvgIpc) is 2.99. The van der Waals surface area contributed by atoms with E-state index >= 15 is 0 Å². The highest BCUT2D eigenvalue weighted by Crippen LogP contribution is 2.58. The Bertz CT molecular complexity index is 532. The number of anilines is 1. The van der Waals surface area contributed by atoms with Gasteiger partial charge in [-0.2, -0.15) is 0 Å². The minimum Gasteiger partial charge on any atom is -0.465 e. The molecular weight excluding hydrogens is 230 g/mol. The molecule has 1 N–H and O–H groups in total. The molecule has 1 saturated heterocycles. The first-order chi connectivity index (χ1) is 8.55. The molecule has 4 nitrogen and oxygen atoms in total. The Labute approximate surface area is 105 Å². The van der Waals surface area contributed by atoms with Crippen LogP contribution in [0.1, 0.15) is 17.5 Å². The van der Waals surface area contributed by atoms with Crippen molar-refractivity contribution in [1.29, 1.82) is 0 Å². The van der Waals surface area contributed by atoms with Gasteiger partial charge in [0.1, 0.15) is 0 Å². The molecule has 0 radical (unpaired) electrons. The number of fused-ring (bicyclic) bond motifs is 1. The maximum absolute atomic E-state index is 12.3. The zero-order valence-corrected chi connectivity index (χ0v) is 10.4. The molecule has 2 atom stereocenters. The second kappa shape index (κ2) is 3.57. The number of carbonyl (C=O) groups excluding carboxylic acids is 2. The smallest absolute Gasteiger partial charge is 0.322 e. The fraction of sp³-hybridized carbons (Fsp3) is 0.429. The van der Waals surface area contributed by atoms with Crippen LogP contribution in [0.5, 0.6) is 0 Å². The van der Waals surface area contributed by atoms with Crippen molar-refractivity contribution in [2.75, 3.05) is 11.9 Å². The third-order valence-electron chi connectivity index (χ3n) is 4.01. The zero-order valence-electron chi connectivity index (χ0n) is 10.4. The molecule has 18 heavy (non-hydrogen) atoms. The summed E-state index contributed by atoms with van der Waals surface area (Å²) < 4.78 is 4.94. The van der Waals surface area contributed by atoms with E-state index in [1.807, 2.05) is 32.0 Å². The molecule has 3 rings (SSSR count). The van der Waals surface area contributed by atoms with E-state index in [9.17, 15) is 9.59 Å². The number of amides is 1. The highest BCUT2D eigenvalue weighted by molar-refractivity contribution is 6.13. The molecule has 2 aliphatic rings. The van der Waals surface area contributed by atoms with Gasteiger partial charge in [-0.25, -0.2) is 0 Å².